The van der Waals surface area contributed by atoms with Crippen LogP contribution in [-0.4, -0.2) is 11.6 Å². The van der Waals surface area contributed by atoms with E-state index in [1.165, 1.54) is 0 Å². The van der Waals surface area contributed by atoms with Crippen molar-refractivity contribution < 1.29 is 9.59 Å². The Morgan fingerprint density at radius 1 is 0.857 bits per heavy atom. The Kier molecular flexibility index (Phi) is 1.55. The molecule has 72 valence electrons. The van der Waals surface area contributed by atoms with Crippen LogP contribution in [0, 0.1) is 11.8 Å². The molecule has 0 radical (unpaired) electrons. The molecular weight excluding hydrogens is 176 g/mol. The largest absolute Gasteiger partial charge is 0.290 e. The van der Waals surface area contributed by atoms with E-state index >= 15 is 0 Å². The third-order valence-electron chi connectivity index (χ3n) is 3.15. The molecular formula is C12H12O2. The van der Waals surface area contributed by atoms with Crippen molar-refractivity contribution in [2.75, 3.05) is 0 Å². The molecule has 2 fully saturated rings. The predicted octanol–water partition coefficient (Wildman–Crippen LogP) is 1.81. The van der Waals surface area contributed by atoms with Crippen LogP contribution < -0.4 is 0 Å². The maximum Gasteiger partial charge on any atom is 0.185 e. The molecule has 2 nitrogen and oxygen atoms in total. The van der Waals surface area contributed by atoms with E-state index < -0.39 is 0 Å². The van der Waals surface area contributed by atoms with Gasteiger partial charge in [-0.3, -0.25) is 9.59 Å². The molecule has 0 unspecified atom stereocenters. The standard InChI is InChI=1S/C12H12O2/c13-9-5-10(7-1-2-7)12(14)11(6-9)8-3-4-8/h5-8H,1-4H2. The Labute approximate surface area is 82.7 Å². The summed E-state index contributed by atoms with van der Waals surface area (Å²) in [5.74, 6) is 0.978. The molecule has 3 rings (SSSR count). The van der Waals surface area contributed by atoms with Gasteiger partial charge in [-0.1, -0.05) is 0 Å². The van der Waals surface area contributed by atoms with Crippen LogP contribution in [0.3, 0.4) is 0 Å². The van der Waals surface area contributed by atoms with Crippen LogP contribution >= 0.6 is 0 Å². The lowest BCUT2D eigenvalue weighted by Crippen LogP contribution is -2.16. The molecule has 0 amide bonds. The van der Waals surface area contributed by atoms with Crippen LogP contribution in [0.5, 0.6) is 0 Å². The fraction of sp³-hybridized carbons (Fsp3) is 0.500. The summed E-state index contributed by atoms with van der Waals surface area (Å²) in [5.41, 5.74) is 1.58. The second-order valence-corrected chi connectivity index (χ2v) is 4.48. The Bertz CT molecular complexity index is 345. The summed E-state index contributed by atoms with van der Waals surface area (Å²) in [6.07, 6.45) is 7.44. The van der Waals surface area contributed by atoms with Crippen molar-refractivity contribution in [2.24, 2.45) is 11.8 Å². The van der Waals surface area contributed by atoms with Gasteiger partial charge in [-0.05, 0) is 49.7 Å². The van der Waals surface area contributed by atoms with E-state index in [2.05, 4.69) is 0 Å². The van der Waals surface area contributed by atoms with Gasteiger partial charge in [0, 0.05) is 11.1 Å². The Balaban J connectivity index is 1.93. The average molecular weight is 188 g/mol. The summed E-state index contributed by atoms with van der Waals surface area (Å²) in [7, 11) is 0. The van der Waals surface area contributed by atoms with Crippen LogP contribution in [-0.2, 0) is 9.59 Å². The van der Waals surface area contributed by atoms with E-state index in [9.17, 15) is 9.59 Å². The highest BCUT2D eigenvalue weighted by molar-refractivity contribution is 6.21. The van der Waals surface area contributed by atoms with Gasteiger partial charge in [0.15, 0.2) is 11.6 Å². The zero-order valence-corrected chi connectivity index (χ0v) is 7.95. The van der Waals surface area contributed by atoms with E-state index in [0.29, 0.717) is 11.8 Å². The SMILES string of the molecule is O=C1C=C(C2CC2)C(=O)C(C2CC2)=C1. The summed E-state index contributed by atoms with van der Waals surface area (Å²) in [4.78, 5) is 23.3. The van der Waals surface area contributed by atoms with Crippen LogP contribution in [0.15, 0.2) is 23.3 Å². The topological polar surface area (TPSA) is 34.1 Å². The van der Waals surface area contributed by atoms with Gasteiger partial charge in [0.1, 0.15) is 0 Å². The summed E-state index contributed by atoms with van der Waals surface area (Å²) < 4.78 is 0. The predicted molar refractivity (Wildman–Crippen MR) is 51.6 cm³/mol. The average Bonchev–Trinajstić information content (AvgIpc) is 3.03. The number of allylic oxidation sites excluding steroid dienone is 4. The first-order valence-electron chi connectivity index (χ1n) is 5.27. The quantitative estimate of drug-likeness (QED) is 0.619. The summed E-state index contributed by atoms with van der Waals surface area (Å²) in [6, 6.07) is 0. The van der Waals surface area contributed by atoms with Gasteiger partial charge in [-0.25, -0.2) is 0 Å². The van der Waals surface area contributed by atoms with Gasteiger partial charge in [-0.15, -0.1) is 0 Å². The summed E-state index contributed by atoms with van der Waals surface area (Å²) in [5, 5.41) is 0. The number of carbonyl (C=O) groups excluding carboxylic acids is 2. The zero-order chi connectivity index (χ0) is 9.71. The first-order chi connectivity index (χ1) is 6.75. The van der Waals surface area contributed by atoms with Gasteiger partial charge in [0.25, 0.3) is 0 Å². The summed E-state index contributed by atoms with van der Waals surface area (Å²) >= 11 is 0. The lowest BCUT2D eigenvalue weighted by atomic mass is 9.90. The molecule has 0 aromatic rings. The van der Waals surface area contributed by atoms with Gasteiger partial charge in [0.2, 0.25) is 0 Å². The monoisotopic (exact) mass is 188 g/mol. The van der Waals surface area contributed by atoms with E-state index in [1.54, 1.807) is 12.2 Å². The number of hydrogen-bond donors (Lipinski definition) is 0. The molecule has 2 heteroatoms. The molecule has 0 heterocycles. The first kappa shape index (κ1) is 8.16. The van der Waals surface area contributed by atoms with Crippen molar-refractivity contribution >= 4 is 11.6 Å². The number of rotatable bonds is 2. The van der Waals surface area contributed by atoms with Gasteiger partial charge in [0.05, 0.1) is 0 Å². The molecule has 3 aliphatic carbocycles. The Morgan fingerprint density at radius 3 is 1.64 bits per heavy atom. The van der Waals surface area contributed by atoms with Crippen LogP contribution in [0.4, 0.5) is 0 Å². The van der Waals surface area contributed by atoms with Crippen LogP contribution in [0.1, 0.15) is 25.7 Å². The lowest BCUT2D eigenvalue weighted by Gasteiger charge is -2.11. The Hall–Kier alpha value is -1.18. The first-order valence-corrected chi connectivity index (χ1v) is 5.27. The zero-order valence-electron chi connectivity index (χ0n) is 7.95. The van der Waals surface area contributed by atoms with Crippen molar-refractivity contribution in [3.63, 3.8) is 0 Å². The van der Waals surface area contributed by atoms with Gasteiger partial charge in [-0.2, -0.15) is 0 Å². The maximum atomic E-state index is 11.9. The highest BCUT2D eigenvalue weighted by Crippen LogP contribution is 2.44. The molecule has 0 N–H and O–H groups in total. The minimum Gasteiger partial charge on any atom is -0.290 e. The molecule has 0 spiro atoms. The highest BCUT2D eigenvalue weighted by Gasteiger charge is 2.39. The normalized spacial score (nSPS) is 27.4. The molecule has 0 aromatic heterocycles. The van der Waals surface area contributed by atoms with Crippen LogP contribution in [0.25, 0.3) is 0 Å². The smallest absolute Gasteiger partial charge is 0.185 e. The van der Waals surface area contributed by atoms with Crippen molar-refractivity contribution in [3.8, 4) is 0 Å². The number of Topliss-reactive ketones (excluding diaryl/α,β-unsaturated/α-hetero) is 1. The van der Waals surface area contributed by atoms with Crippen molar-refractivity contribution in [2.45, 2.75) is 25.7 Å². The second kappa shape index (κ2) is 2.66. The minimum absolute atomic E-state index is 0.0217. The third-order valence-corrected chi connectivity index (χ3v) is 3.15. The van der Waals surface area contributed by atoms with Gasteiger partial charge >= 0.3 is 0 Å². The van der Waals surface area contributed by atoms with Crippen LogP contribution in [0.2, 0.25) is 0 Å². The second-order valence-electron chi connectivity index (χ2n) is 4.48. The molecule has 0 aromatic carbocycles. The van der Waals surface area contributed by atoms with E-state index in [4.69, 9.17) is 0 Å². The Morgan fingerprint density at radius 2 is 1.29 bits per heavy atom. The molecule has 2 saturated carbocycles. The van der Waals surface area contributed by atoms with E-state index in [0.717, 1.165) is 36.8 Å². The lowest BCUT2D eigenvalue weighted by molar-refractivity contribution is -0.115. The maximum absolute atomic E-state index is 11.9. The molecule has 14 heavy (non-hydrogen) atoms. The van der Waals surface area contributed by atoms with Crippen molar-refractivity contribution in [1.29, 1.82) is 0 Å². The van der Waals surface area contributed by atoms with Crippen molar-refractivity contribution in [1.82, 2.24) is 0 Å². The molecule has 0 saturated heterocycles. The minimum atomic E-state index is 0.0217. The van der Waals surface area contributed by atoms with E-state index in [-0.39, 0.29) is 11.6 Å². The molecule has 0 bridgehead atoms. The van der Waals surface area contributed by atoms with E-state index in [1.807, 2.05) is 0 Å². The third kappa shape index (κ3) is 1.26. The molecule has 0 atom stereocenters. The number of carbonyl (C=O) groups is 2. The number of ketones is 2. The molecule has 0 aliphatic heterocycles. The van der Waals surface area contributed by atoms with Gasteiger partial charge < -0.3 is 0 Å². The fourth-order valence-corrected chi connectivity index (χ4v) is 2.04. The molecule has 3 aliphatic rings. The highest BCUT2D eigenvalue weighted by atomic mass is 16.1. The van der Waals surface area contributed by atoms with Crippen molar-refractivity contribution in [3.05, 3.63) is 23.3 Å². The summed E-state index contributed by atoms with van der Waals surface area (Å²) in [6.45, 7) is 0. The fourth-order valence-electron chi connectivity index (χ4n) is 2.04. The number of hydrogen-bond acceptors (Lipinski definition) is 2.